The fourth-order valence-electron chi connectivity index (χ4n) is 4.15. The third-order valence-corrected chi connectivity index (χ3v) is 4.27. The van der Waals surface area contributed by atoms with E-state index in [-0.39, 0.29) is 6.10 Å². The van der Waals surface area contributed by atoms with Crippen molar-refractivity contribution in [2.75, 3.05) is 0 Å². The molecule has 1 fully saturated rings. The summed E-state index contributed by atoms with van der Waals surface area (Å²) < 4.78 is 0. The van der Waals surface area contributed by atoms with E-state index in [4.69, 9.17) is 0 Å². The van der Waals surface area contributed by atoms with Gasteiger partial charge in [0, 0.05) is 6.42 Å². The zero-order chi connectivity index (χ0) is 14.0. The molecular weight excluding hydrogens is 224 g/mol. The van der Waals surface area contributed by atoms with E-state index in [0.717, 1.165) is 32.1 Å². The van der Waals surface area contributed by atoms with Crippen molar-refractivity contribution in [1.82, 2.24) is 0 Å². The Hall–Kier alpha value is -0.370. The summed E-state index contributed by atoms with van der Waals surface area (Å²) in [5.41, 5.74) is 0.616. The number of hydrogen-bond acceptors (Lipinski definition) is 2. The molecule has 1 aliphatic rings. The summed E-state index contributed by atoms with van der Waals surface area (Å²) in [5.74, 6) is 0.848. The molecule has 0 radical (unpaired) electrons. The lowest BCUT2D eigenvalue weighted by molar-refractivity contribution is -0.119. The summed E-state index contributed by atoms with van der Waals surface area (Å²) in [4.78, 5) is 11.4. The van der Waals surface area contributed by atoms with Gasteiger partial charge < -0.3 is 9.90 Å². The monoisotopic (exact) mass is 254 g/mol. The summed E-state index contributed by atoms with van der Waals surface area (Å²) in [6.07, 6.45) is 5.98. The van der Waals surface area contributed by atoms with Gasteiger partial charge in [-0.1, -0.05) is 20.8 Å². The molecule has 1 aliphatic carbocycles. The molecule has 0 spiro atoms. The topological polar surface area (TPSA) is 37.3 Å². The third kappa shape index (κ3) is 5.09. The molecule has 3 atom stereocenters. The van der Waals surface area contributed by atoms with Crippen LogP contribution >= 0.6 is 0 Å². The van der Waals surface area contributed by atoms with Crippen LogP contribution < -0.4 is 0 Å². The molecule has 0 amide bonds. The van der Waals surface area contributed by atoms with Crippen LogP contribution in [0.15, 0.2) is 0 Å². The molecule has 106 valence electrons. The van der Waals surface area contributed by atoms with Crippen LogP contribution in [0, 0.1) is 16.7 Å². The maximum absolute atomic E-state index is 11.4. The van der Waals surface area contributed by atoms with E-state index in [0.29, 0.717) is 22.5 Å². The second-order valence-corrected chi connectivity index (χ2v) is 7.72. The van der Waals surface area contributed by atoms with Gasteiger partial charge in [-0.05, 0) is 62.7 Å². The number of carbonyl (C=O) groups excluding carboxylic acids is 1. The van der Waals surface area contributed by atoms with Crippen LogP contribution in [-0.2, 0) is 4.79 Å². The molecule has 0 heterocycles. The summed E-state index contributed by atoms with van der Waals surface area (Å²) in [5, 5.41) is 9.48. The normalized spacial score (nSPS) is 33.1. The molecule has 2 heteroatoms. The van der Waals surface area contributed by atoms with E-state index in [9.17, 15) is 9.90 Å². The van der Waals surface area contributed by atoms with E-state index in [1.807, 2.05) is 6.92 Å². The molecule has 0 aromatic rings. The number of carbonyl (C=O) groups is 1. The molecule has 1 saturated carbocycles. The zero-order valence-corrected chi connectivity index (χ0v) is 12.8. The molecule has 1 N–H and O–H groups in total. The van der Waals surface area contributed by atoms with Crippen molar-refractivity contribution in [1.29, 1.82) is 0 Å². The zero-order valence-electron chi connectivity index (χ0n) is 12.8. The summed E-state index contributed by atoms with van der Waals surface area (Å²) in [6.45, 7) is 10.5. The highest BCUT2D eigenvalue weighted by Gasteiger charge is 2.41. The van der Waals surface area contributed by atoms with Gasteiger partial charge in [0.1, 0.15) is 5.78 Å². The Morgan fingerprint density at radius 2 is 1.94 bits per heavy atom. The molecule has 2 unspecified atom stereocenters. The predicted octanol–water partition coefficient (Wildman–Crippen LogP) is 3.96. The average molecular weight is 254 g/mol. The van der Waals surface area contributed by atoms with E-state index in [1.54, 1.807) is 6.92 Å². The van der Waals surface area contributed by atoms with Gasteiger partial charge in [0.05, 0.1) is 6.10 Å². The SMILES string of the molecule is CC(=O)CC1CC(C)(C)CC(C)(CC[C@@H](C)O)C1. The molecule has 2 nitrogen and oxygen atoms in total. The first-order chi connectivity index (χ1) is 8.12. The lowest BCUT2D eigenvalue weighted by Crippen LogP contribution is -2.36. The van der Waals surface area contributed by atoms with Crippen molar-refractivity contribution in [3.05, 3.63) is 0 Å². The van der Waals surface area contributed by atoms with Crippen LogP contribution in [-0.4, -0.2) is 17.0 Å². The van der Waals surface area contributed by atoms with Crippen LogP contribution in [0.2, 0.25) is 0 Å². The van der Waals surface area contributed by atoms with Crippen LogP contribution in [0.5, 0.6) is 0 Å². The highest BCUT2D eigenvalue weighted by molar-refractivity contribution is 5.75. The van der Waals surface area contributed by atoms with Gasteiger partial charge in [-0.2, -0.15) is 0 Å². The number of aliphatic hydroxyl groups excluding tert-OH is 1. The molecule has 0 aliphatic heterocycles. The molecule has 0 aromatic carbocycles. The highest BCUT2D eigenvalue weighted by atomic mass is 16.3. The Balaban J connectivity index is 2.69. The molecule has 0 bridgehead atoms. The Morgan fingerprint density at radius 1 is 1.33 bits per heavy atom. The summed E-state index contributed by atoms with van der Waals surface area (Å²) in [7, 11) is 0. The number of rotatable bonds is 5. The van der Waals surface area contributed by atoms with E-state index in [1.165, 1.54) is 6.42 Å². The Morgan fingerprint density at radius 3 is 2.44 bits per heavy atom. The van der Waals surface area contributed by atoms with Gasteiger partial charge in [0.15, 0.2) is 0 Å². The minimum atomic E-state index is -0.210. The second kappa shape index (κ2) is 5.73. The summed E-state index contributed by atoms with van der Waals surface area (Å²) >= 11 is 0. The lowest BCUT2D eigenvalue weighted by atomic mass is 9.58. The Bertz CT molecular complexity index is 293. The Labute approximate surface area is 112 Å². The lowest BCUT2D eigenvalue weighted by Gasteiger charge is -2.47. The van der Waals surface area contributed by atoms with Crippen LogP contribution in [0.3, 0.4) is 0 Å². The number of ketones is 1. The van der Waals surface area contributed by atoms with E-state index >= 15 is 0 Å². The molecule has 0 saturated heterocycles. The van der Waals surface area contributed by atoms with Crippen LogP contribution in [0.4, 0.5) is 0 Å². The van der Waals surface area contributed by atoms with Crippen molar-refractivity contribution < 1.29 is 9.90 Å². The van der Waals surface area contributed by atoms with Crippen molar-refractivity contribution in [3.63, 3.8) is 0 Å². The molecule has 1 rings (SSSR count). The number of aliphatic hydroxyl groups is 1. The van der Waals surface area contributed by atoms with Gasteiger partial charge in [-0.15, -0.1) is 0 Å². The van der Waals surface area contributed by atoms with E-state index < -0.39 is 0 Å². The van der Waals surface area contributed by atoms with Crippen LogP contribution in [0.25, 0.3) is 0 Å². The van der Waals surface area contributed by atoms with E-state index in [2.05, 4.69) is 20.8 Å². The first-order valence-corrected chi connectivity index (χ1v) is 7.29. The number of Topliss-reactive ketones (excluding diaryl/α,β-unsaturated/α-hetero) is 1. The third-order valence-electron chi connectivity index (χ3n) is 4.27. The van der Waals surface area contributed by atoms with Gasteiger partial charge in [-0.3, -0.25) is 0 Å². The van der Waals surface area contributed by atoms with Crippen molar-refractivity contribution >= 4 is 5.78 Å². The van der Waals surface area contributed by atoms with Crippen molar-refractivity contribution in [3.8, 4) is 0 Å². The fraction of sp³-hybridized carbons (Fsp3) is 0.938. The van der Waals surface area contributed by atoms with Crippen molar-refractivity contribution in [2.24, 2.45) is 16.7 Å². The largest absolute Gasteiger partial charge is 0.393 e. The minimum Gasteiger partial charge on any atom is -0.393 e. The maximum atomic E-state index is 11.4. The minimum absolute atomic E-state index is 0.210. The van der Waals surface area contributed by atoms with Crippen LogP contribution in [0.1, 0.15) is 73.1 Å². The highest BCUT2D eigenvalue weighted by Crippen LogP contribution is 2.51. The number of hydrogen-bond donors (Lipinski definition) is 1. The van der Waals surface area contributed by atoms with Gasteiger partial charge in [0.2, 0.25) is 0 Å². The van der Waals surface area contributed by atoms with Gasteiger partial charge in [-0.25, -0.2) is 0 Å². The maximum Gasteiger partial charge on any atom is 0.130 e. The second-order valence-electron chi connectivity index (χ2n) is 7.72. The van der Waals surface area contributed by atoms with Crippen molar-refractivity contribution in [2.45, 2.75) is 79.2 Å². The molecular formula is C16H30O2. The first-order valence-electron chi connectivity index (χ1n) is 7.29. The quantitative estimate of drug-likeness (QED) is 0.806. The molecule has 0 aromatic heterocycles. The molecule has 18 heavy (non-hydrogen) atoms. The Kier molecular flexibility index (Phi) is 4.99. The first kappa shape index (κ1) is 15.7. The smallest absolute Gasteiger partial charge is 0.130 e. The summed E-state index contributed by atoms with van der Waals surface area (Å²) in [6, 6.07) is 0. The average Bonchev–Trinajstić information content (AvgIpc) is 2.10. The van der Waals surface area contributed by atoms with Gasteiger partial charge in [0.25, 0.3) is 0 Å². The standard InChI is InChI=1S/C16H30O2/c1-12(17)6-7-16(5)10-14(8-13(2)18)9-15(3,4)11-16/h12,14,17H,6-11H2,1-5H3/t12-,14?,16?/m1/s1. The predicted molar refractivity (Wildman–Crippen MR) is 75.4 cm³/mol. The van der Waals surface area contributed by atoms with Gasteiger partial charge >= 0.3 is 0 Å². The fourth-order valence-corrected chi connectivity index (χ4v) is 4.15.